The second-order valence-electron chi connectivity index (χ2n) is 9.64. The molecule has 0 aliphatic rings. The number of carbonyl (C=O) groups excluding carboxylic acids is 2. The van der Waals surface area contributed by atoms with E-state index in [-0.39, 0.29) is 24.0 Å². The molecule has 208 valence electrons. The number of aromatic nitrogens is 1. The van der Waals surface area contributed by atoms with Crippen molar-refractivity contribution in [3.05, 3.63) is 82.7 Å². The van der Waals surface area contributed by atoms with Crippen molar-refractivity contribution in [2.24, 2.45) is 0 Å². The lowest BCUT2D eigenvalue weighted by Gasteiger charge is -2.16. The van der Waals surface area contributed by atoms with Gasteiger partial charge in [0.15, 0.2) is 5.78 Å². The number of amides is 1. The van der Waals surface area contributed by atoms with E-state index < -0.39 is 0 Å². The summed E-state index contributed by atoms with van der Waals surface area (Å²) in [6.45, 7) is 6.87. The number of pyridine rings is 1. The number of phenols is 1. The van der Waals surface area contributed by atoms with Crippen LogP contribution in [0.25, 0.3) is 0 Å². The first-order valence-corrected chi connectivity index (χ1v) is 13.9. The number of unbranched alkanes of at least 4 members (excludes halogenated alkanes) is 2. The average molecular weight is 533 g/mol. The van der Waals surface area contributed by atoms with Crippen LogP contribution in [0.4, 0.5) is 0 Å². The Morgan fingerprint density at radius 3 is 2.44 bits per heavy atom. The molecule has 0 radical (unpaired) electrons. The maximum absolute atomic E-state index is 13.0. The summed E-state index contributed by atoms with van der Waals surface area (Å²) in [4.78, 5) is 29.0. The molecule has 2 aromatic carbocycles. The second kappa shape index (κ2) is 15.5. The van der Waals surface area contributed by atoms with E-state index in [2.05, 4.69) is 23.3 Å². The number of ketones is 1. The molecule has 0 fully saturated rings. The van der Waals surface area contributed by atoms with E-state index in [1.165, 1.54) is 12.5 Å². The number of rotatable bonds is 16. The zero-order valence-electron chi connectivity index (χ0n) is 23.3. The minimum Gasteiger partial charge on any atom is -0.507 e. The van der Waals surface area contributed by atoms with Crippen LogP contribution in [-0.4, -0.2) is 34.9 Å². The summed E-state index contributed by atoms with van der Waals surface area (Å²) in [5, 5.41) is 13.6. The first-order chi connectivity index (χ1) is 18.9. The molecule has 3 rings (SSSR count). The molecule has 0 bridgehead atoms. The summed E-state index contributed by atoms with van der Waals surface area (Å²) in [5.74, 6) is 0.706. The highest BCUT2D eigenvalue weighted by Crippen LogP contribution is 2.33. The molecule has 0 aliphatic carbocycles. The van der Waals surface area contributed by atoms with Crippen molar-refractivity contribution >= 4 is 11.7 Å². The molecular formula is C32H40N2O5. The summed E-state index contributed by atoms with van der Waals surface area (Å²) in [6, 6.07) is 12.8. The Bertz CT molecular complexity index is 1230. The summed E-state index contributed by atoms with van der Waals surface area (Å²) in [7, 11) is 0. The molecule has 3 aromatic rings. The quantitative estimate of drug-likeness (QED) is 0.162. The van der Waals surface area contributed by atoms with E-state index in [0.29, 0.717) is 47.8 Å². The monoisotopic (exact) mass is 532 g/mol. The topological polar surface area (TPSA) is 97.8 Å². The molecule has 1 amide bonds. The van der Waals surface area contributed by atoms with Gasteiger partial charge in [-0.2, -0.15) is 0 Å². The molecule has 0 aliphatic heterocycles. The van der Waals surface area contributed by atoms with Crippen molar-refractivity contribution < 1.29 is 24.2 Å². The Kier molecular flexibility index (Phi) is 11.8. The molecular weight excluding hydrogens is 492 g/mol. The van der Waals surface area contributed by atoms with Gasteiger partial charge in [-0.1, -0.05) is 38.8 Å². The van der Waals surface area contributed by atoms with E-state index in [1.54, 1.807) is 24.4 Å². The van der Waals surface area contributed by atoms with Crippen molar-refractivity contribution in [1.82, 2.24) is 10.3 Å². The maximum atomic E-state index is 13.0. The SMILES string of the molecule is CCCCOc1cc(COc2ccc(C(C)=O)c(O)c2CCC)ccc1C(=O)NCCCCc1cccnc1. The number of carbonyl (C=O) groups is 2. The third-order valence-electron chi connectivity index (χ3n) is 6.46. The number of aromatic hydroxyl groups is 1. The largest absolute Gasteiger partial charge is 0.507 e. The highest BCUT2D eigenvalue weighted by Gasteiger charge is 2.17. The van der Waals surface area contributed by atoms with Gasteiger partial charge in [0.05, 0.1) is 17.7 Å². The van der Waals surface area contributed by atoms with E-state index >= 15 is 0 Å². The zero-order valence-corrected chi connectivity index (χ0v) is 23.3. The molecule has 2 N–H and O–H groups in total. The van der Waals surface area contributed by atoms with Gasteiger partial charge in [-0.3, -0.25) is 14.6 Å². The molecule has 0 saturated heterocycles. The Labute approximate surface area is 231 Å². The number of hydrogen-bond acceptors (Lipinski definition) is 6. The van der Waals surface area contributed by atoms with Crippen molar-refractivity contribution in [2.45, 2.75) is 72.3 Å². The zero-order chi connectivity index (χ0) is 28.0. The van der Waals surface area contributed by atoms with Crippen molar-refractivity contribution in [2.75, 3.05) is 13.2 Å². The van der Waals surface area contributed by atoms with E-state index in [4.69, 9.17) is 9.47 Å². The lowest BCUT2D eigenvalue weighted by molar-refractivity contribution is 0.0947. The van der Waals surface area contributed by atoms with Crippen LogP contribution in [0.1, 0.15) is 90.3 Å². The molecule has 0 unspecified atom stereocenters. The first kappa shape index (κ1) is 29.7. The lowest BCUT2D eigenvalue weighted by Crippen LogP contribution is -2.25. The van der Waals surface area contributed by atoms with Crippen molar-refractivity contribution in [1.29, 1.82) is 0 Å². The smallest absolute Gasteiger partial charge is 0.255 e. The summed E-state index contributed by atoms with van der Waals surface area (Å²) < 4.78 is 12.1. The second-order valence-corrected chi connectivity index (χ2v) is 9.64. The van der Waals surface area contributed by atoms with Crippen LogP contribution >= 0.6 is 0 Å². The minimum atomic E-state index is -0.187. The predicted octanol–water partition coefficient (Wildman–Crippen LogP) is 6.45. The van der Waals surface area contributed by atoms with Crippen molar-refractivity contribution in [3.63, 3.8) is 0 Å². The number of benzene rings is 2. The normalized spacial score (nSPS) is 10.7. The molecule has 0 atom stereocenters. The van der Waals surface area contributed by atoms with E-state index in [9.17, 15) is 14.7 Å². The van der Waals surface area contributed by atoms with Gasteiger partial charge >= 0.3 is 0 Å². The molecule has 39 heavy (non-hydrogen) atoms. The maximum Gasteiger partial charge on any atom is 0.255 e. The molecule has 1 aromatic heterocycles. The Morgan fingerprint density at radius 1 is 0.897 bits per heavy atom. The molecule has 0 spiro atoms. The summed E-state index contributed by atoms with van der Waals surface area (Å²) in [6.07, 6.45) is 9.67. The molecule has 7 nitrogen and oxygen atoms in total. The van der Waals surface area contributed by atoms with Gasteiger partial charge in [-0.15, -0.1) is 0 Å². The fourth-order valence-corrected chi connectivity index (χ4v) is 4.28. The number of ether oxygens (including phenoxy) is 2. The third kappa shape index (κ3) is 8.84. The molecule has 1 heterocycles. The Balaban J connectivity index is 1.66. The molecule has 7 heteroatoms. The highest BCUT2D eigenvalue weighted by atomic mass is 16.5. The summed E-state index contributed by atoms with van der Waals surface area (Å²) in [5.41, 5.74) is 3.46. The standard InChI is InChI=1S/C32H40N2O5/c1-4-6-19-38-30-20-25(22-39-29-16-15-26(23(3)35)31(36)27(29)10-5-2)13-14-28(30)32(37)34-18-8-7-11-24-12-9-17-33-21-24/h9,12-17,20-21,36H,4-8,10-11,18-19,22H2,1-3H3,(H,34,37). The Hall–Kier alpha value is -3.87. The van der Waals surface area contributed by atoms with E-state index in [0.717, 1.165) is 44.1 Å². The fourth-order valence-electron chi connectivity index (χ4n) is 4.28. The lowest BCUT2D eigenvalue weighted by atomic mass is 10.0. The number of Topliss-reactive ketones (excluding diaryl/α,β-unsaturated/α-hetero) is 1. The van der Waals surface area contributed by atoms with Gasteiger partial charge in [-0.05, 0) is 80.5 Å². The van der Waals surface area contributed by atoms with Crippen LogP contribution < -0.4 is 14.8 Å². The number of hydrogen-bond donors (Lipinski definition) is 2. The van der Waals surface area contributed by atoms with Gasteiger partial charge in [0.2, 0.25) is 0 Å². The van der Waals surface area contributed by atoms with E-state index in [1.807, 2.05) is 31.3 Å². The molecule has 0 saturated carbocycles. The van der Waals surface area contributed by atoms with Gasteiger partial charge < -0.3 is 19.9 Å². The van der Waals surface area contributed by atoms with Crippen molar-refractivity contribution in [3.8, 4) is 17.2 Å². The number of aryl methyl sites for hydroxylation is 1. The van der Waals surface area contributed by atoms with Crippen LogP contribution in [0.15, 0.2) is 54.9 Å². The first-order valence-electron chi connectivity index (χ1n) is 13.9. The predicted molar refractivity (Wildman–Crippen MR) is 153 cm³/mol. The summed E-state index contributed by atoms with van der Waals surface area (Å²) >= 11 is 0. The third-order valence-corrected chi connectivity index (χ3v) is 6.46. The highest BCUT2D eigenvalue weighted by molar-refractivity contribution is 5.97. The minimum absolute atomic E-state index is 0.0158. The number of nitrogens with one attached hydrogen (secondary N) is 1. The van der Waals surface area contributed by atoms with Gasteiger partial charge in [0, 0.05) is 24.5 Å². The van der Waals surface area contributed by atoms with Gasteiger partial charge in [-0.25, -0.2) is 0 Å². The Morgan fingerprint density at radius 2 is 1.72 bits per heavy atom. The average Bonchev–Trinajstić information content (AvgIpc) is 2.93. The van der Waals surface area contributed by atoms with Gasteiger partial charge in [0.25, 0.3) is 5.91 Å². The van der Waals surface area contributed by atoms with Crippen LogP contribution in [-0.2, 0) is 19.4 Å². The van der Waals surface area contributed by atoms with Crippen LogP contribution in [0.5, 0.6) is 17.2 Å². The number of phenolic OH excluding ortho intramolecular Hbond substituents is 1. The van der Waals surface area contributed by atoms with Crippen LogP contribution in [0.2, 0.25) is 0 Å². The van der Waals surface area contributed by atoms with Crippen LogP contribution in [0, 0.1) is 0 Å². The fraction of sp³-hybridized carbons (Fsp3) is 0.406. The number of nitrogens with zero attached hydrogens (tertiary/aromatic N) is 1. The van der Waals surface area contributed by atoms with Crippen LogP contribution in [0.3, 0.4) is 0 Å². The van der Waals surface area contributed by atoms with Gasteiger partial charge in [0.1, 0.15) is 23.9 Å².